The second-order valence-electron chi connectivity index (χ2n) is 9.66. The van der Waals surface area contributed by atoms with Gasteiger partial charge in [0.2, 0.25) is 0 Å². The number of ether oxygens (including phenoxy) is 1. The van der Waals surface area contributed by atoms with E-state index in [-0.39, 0.29) is 18.6 Å². The molecule has 0 saturated heterocycles. The topological polar surface area (TPSA) is 83.8 Å². The van der Waals surface area contributed by atoms with Gasteiger partial charge in [-0.05, 0) is 63.4 Å². The maximum absolute atomic E-state index is 17.1. The molecule has 160 valence electrons. The van der Waals surface area contributed by atoms with Crippen LogP contribution in [0.2, 0.25) is 0 Å². The highest BCUT2D eigenvalue weighted by Gasteiger charge is 2.76. The highest BCUT2D eigenvalue weighted by Crippen LogP contribution is 2.70. The minimum Gasteiger partial charge on any atom is -0.464 e. The Kier molecular flexibility index (Phi) is 3.29. The normalized spacial score (nSPS) is 54.5. The monoisotopic (exact) mass is 411 g/mol. The third kappa shape index (κ3) is 2.27. The Morgan fingerprint density at radius 2 is 2.17 bits per heavy atom. The summed E-state index contributed by atoms with van der Waals surface area (Å²) in [5, 5.41) is 23.0. The zero-order chi connectivity index (χ0) is 25.7. The fourth-order valence-electron chi connectivity index (χ4n) is 7.11. The maximum atomic E-state index is 17.1. The summed E-state index contributed by atoms with van der Waals surface area (Å²) in [6, 6.07) is 0. The van der Waals surface area contributed by atoms with Crippen LogP contribution in [0, 0.1) is 28.6 Å². The first-order chi connectivity index (χ1) is 15.4. The second kappa shape index (κ2) is 6.24. The molecule has 29 heavy (non-hydrogen) atoms. The molecular formula is C23H31FO5. The van der Waals surface area contributed by atoms with E-state index < -0.39 is 65.3 Å². The number of aliphatic hydroxyl groups is 2. The van der Waals surface area contributed by atoms with Crippen LogP contribution in [0.1, 0.15) is 60.2 Å². The fraction of sp³-hybridized carbons (Fsp3) is 0.739. The van der Waals surface area contributed by atoms with Gasteiger partial charge in [-0.3, -0.25) is 4.79 Å². The zero-order valence-corrected chi connectivity index (χ0v) is 16.9. The van der Waals surface area contributed by atoms with E-state index in [1.54, 1.807) is 20.8 Å². The molecule has 0 aromatic rings. The number of fused-ring (bicyclic) bond motifs is 5. The van der Waals surface area contributed by atoms with E-state index >= 15 is 4.39 Å². The molecule has 3 fully saturated rings. The Hall–Kier alpha value is -1.53. The Bertz CT molecular complexity index is 995. The van der Waals surface area contributed by atoms with Crippen LogP contribution in [0.3, 0.4) is 0 Å². The fourth-order valence-corrected chi connectivity index (χ4v) is 7.11. The van der Waals surface area contributed by atoms with Gasteiger partial charge in [0, 0.05) is 20.9 Å². The van der Waals surface area contributed by atoms with Crippen LogP contribution in [-0.4, -0.2) is 45.9 Å². The van der Waals surface area contributed by atoms with Gasteiger partial charge in [0.05, 0.1) is 15.4 Å². The molecule has 6 heteroatoms. The molecule has 0 amide bonds. The Morgan fingerprint density at radius 3 is 2.86 bits per heavy atom. The van der Waals surface area contributed by atoms with E-state index in [4.69, 9.17) is 11.6 Å². The highest BCUT2D eigenvalue weighted by atomic mass is 19.1. The largest absolute Gasteiger partial charge is 0.464 e. The first-order valence-electron chi connectivity index (χ1n) is 12.6. The average molecular weight is 412 g/mol. The van der Waals surface area contributed by atoms with Gasteiger partial charge in [0.25, 0.3) is 0 Å². The number of rotatable bonds is 2. The number of alkyl halides is 1. The highest BCUT2D eigenvalue weighted by molar-refractivity contribution is 6.01. The van der Waals surface area contributed by atoms with Crippen molar-refractivity contribution in [1.29, 1.82) is 0 Å². The molecule has 0 aromatic heterocycles. The number of hydrogen-bond donors (Lipinski definition) is 2. The molecule has 4 rings (SSSR count). The first-order valence-corrected chi connectivity index (χ1v) is 10.1. The van der Waals surface area contributed by atoms with Crippen molar-refractivity contribution >= 4 is 11.8 Å². The SMILES string of the molecule is [2H]C([2H])([2H])C([2H])([2H])OC(=O)[C@@]1(O)[C@H](C)C[C@H]2[C@@H]3CCC4=CC(=O)C=C[C@]4(C)[C@@]3(F)[C@@H](O)C[C@@]21C. The second-order valence-corrected chi connectivity index (χ2v) is 9.66. The van der Waals surface area contributed by atoms with Crippen molar-refractivity contribution in [3.8, 4) is 0 Å². The maximum Gasteiger partial charge on any atom is 0.338 e. The summed E-state index contributed by atoms with van der Waals surface area (Å²) in [6.45, 7) is -1.82. The van der Waals surface area contributed by atoms with Gasteiger partial charge >= 0.3 is 5.97 Å². The van der Waals surface area contributed by atoms with Crippen LogP contribution in [0.5, 0.6) is 0 Å². The van der Waals surface area contributed by atoms with Crippen LogP contribution in [0.25, 0.3) is 0 Å². The van der Waals surface area contributed by atoms with E-state index in [9.17, 15) is 19.8 Å². The summed E-state index contributed by atoms with van der Waals surface area (Å²) in [5.74, 6) is -3.79. The number of aliphatic hydroxyl groups excluding tert-OH is 1. The number of esters is 1. The van der Waals surface area contributed by atoms with Crippen molar-refractivity contribution in [1.82, 2.24) is 0 Å². The quantitative estimate of drug-likeness (QED) is 0.683. The molecule has 0 aromatic carbocycles. The summed E-state index contributed by atoms with van der Waals surface area (Å²) in [5.41, 5.74) is -6.49. The van der Waals surface area contributed by atoms with Gasteiger partial charge in [-0.1, -0.05) is 25.5 Å². The Morgan fingerprint density at radius 1 is 1.45 bits per heavy atom. The van der Waals surface area contributed by atoms with Crippen LogP contribution in [0.4, 0.5) is 4.39 Å². The van der Waals surface area contributed by atoms with Gasteiger partial charge in [-0.15, -0.1) is 0 Å². The third-order valence-corrected chi connectivity index (χ3v) is 8.68. The number of allylic oxidation sites excluding steroid dienone is 4. The van der Waals surface area contributed by atoms with Gasteiger partial charge in [-0.2, -0.15) is 0 Å². The lowest BCUT2D eigenvalue weighted by molar-refractivity contribution is -0.227. The zero-order valence-electron chi connectivity index (χ0n) is 21.9. The summed E-state index contributed by atoms with van der Waals surface area (Å²) < 4.78 is 59.1. The molecule has 0 aliphatic heterocycles. The molecule has 2 N–H and O–H groups in total. The lowest BCUT2D eigenvalue weighted by atomic mass is 9.45. The molecule has 0 bridgehead atoms. The summed E-state index contributed by atoms with van der Waals surface area (Å²) in [7, 11) is 0. The molecule has 0 unspecified atom stereocenters. The van der Waals surface area contributed by atoms with Crippen molar-refractivity contribution < 1.29 is 35.8 Å². The number of hydrogen-bond acceptors (Lipinski definition) is 5. The van der Waals surface area contributed by atoms with Crippen molar-refractivity contribution in [3.05, 3.63) is 23.8 Å². The van der Waals surface area contributed by atoms with Crippen LogP contribution >= 0.6 is 0 Å². The van der Waals surface area contributed by atoms with E-state index in [0.29, 0.717) is 18.4 Å². The molecule has 0 radical (unpaired) electrons. The van der Waals surface area contributed by atoms with Crippen LogP contribution in [0.15, 0.2) is 23.8 Å². The van der Waals surface area contributed by atoms with Gasteiger partial charge in [0.15, 0.2) is 17.1 Å². The first kappa shape index (κ1) is 15.3. The minimum atomic E-state index is -3.33. The van der Waals surface area contributed by atoms with Crippen molar-refractivity contribution in [2.75, 3.05) is 6.56 Å². The summed E-state index contributed by atoms with van der Waals surface area (Å²) in [6.07, 6.45) is 3.23. The number of ketones is 1. The van der Waals surface area contributed by atoms with Gasteiger partial charge in [-0.25, -0.2) is 9.18 Å². The predicted octanol–water partition coefficient (Wildman–Crippen LogP) is 2.90. The van der Waals surface area contributed by atoms with Crippen molar-refractivity contribution in [2.45, 2.75) is 70.7 Å². The lowest BCUT2D eigenvalue weighted by Gasteiger charge is -2.62. The number of carbonyl (C=O) groups is 2. The average Bonchev–Trinajstić information content (AvgIpc) is 2.90. The number of carbonyl (C=O) groups excluding carboxylic acids is 2. The molecule has 3 saturated carbocycles. The molecule has 0 heterocycles. The predicted molar refractivity (Wildman–Crippen MR) is 104 cm³/mol. The number of halogens is 1. The Balaban J connectivity index is 1.75. The van der Waals surface area contributed by atoms with Gasteiger partial charge < -0.3 is 14.9 Å². The molecule has 4 aliphatic carbocycles. The smallest absolute Gasteiger partial charge is 0.338 e. The lowest BCUT2D eigenvalue weighted by Crippen LogP contribution is -2.69. The van der Waals surface area contributed by atoms with Crippen molar-refractivity contribution in [2.24, 2.45) is 28.6 Å². The Labute approximate surface area is 178 Å². The molecule has 8 atom stereocenters. The molecular weight excluding hydrogens is 375 g/mol. The van der Waals surface area contributed by atoms with E-state index in [0.717, 1.165) is 0 Å². The summed E-state index contributed by atoms with van der Waals surface area (Å²) >= 11 is 0. The van der Waals surface area contributed by atoms with E-state index in [1.165, 1.54) is 18.2 Å². The van der Waals surface area contributed by atoms with Crippen molar-refractivity contribution in [3.63, 3.8) is 0 Å². The minimum absolute atomic E-state index is 0.208. The summed E-state index contributed by atoms with van der Waals surface area (Å²) in [4.78, 5) is 25.1. The third-order valence-electron chi connectivity index (χ3n) is 8.68. The van der Waals surface area contributed by atoms with Crippen LogP contribution in [-0.2, 0) is 14.3 Å². The van der Waals surface area contributed by atoms with E-state index in [2.05, 4.69) is 0 Å². The van der Waals surface area contributed by atoms with Crippen LogP contribution < -0.4 is 0 Å². The standard InChI is InChI=1S/C23H31FO5/c1-5-29-19(27)23(28)13(2)10-17-16-7-6-14-11-15(25)8-9-20(14,3)22(16,24)18(26)12-21(17,23)4/h8-9,11,13,16-18,26,28H,5-7,10,12H2,1-4H3/t13-,16+,17+,18+,20+,21+,22+,23+/m1/s1/i1D3,5D2. The van der Waals surface area contributed by atoms with E-state index in [1.807, 2.05) is 0 Å². The van der Waals surface area contributed by atoms with Gasteiger partial charge in [0.1, 0.15) is 0 Å². The molecule has 4 aliphatic rings. The molecule has 0 spiro atoms. The molecule has 5 nitrogen and oxygen atoms in total.